The van der Waals surface area contributed by atoms with Gasteiger partial charge in [0.1, 0.15) is 18.2 Å². The predicted molar refractivity (Wildman–Crippen MR) is 113 cm³/mol. The summed E-state index contributed by atoms with van der Waals surface area (Å²) in [5, 5.41) is 32.4. The van der Waals surface area contributed by atoms with E-state index in [1.54, 1.807) is 16.9 Å². The fourth-order valence-electron chi connectivity index (χ4n) is 3.25. The van der Waals surface area contributed by atoms with E-state index < -0.39 is 27.5 Å². The number of rotatable bonds is 3. The van der Waals surface area contributed by atoms with Crippen LogP contribution in [0.3, 0.4) is 0 Å². The van der Waals surface area contributed by atoms with Gasteiger partial charge >= 0.3 is 6.18 Å². The third-order valence-corrected chi connectivity index (χ3v) is 4.79. The van der Waals surface area contributed by atoms with Gasteiger partial charge in [0, 0.05) is 11.6 Å². The Morgan fingerprint density at radius 2 is 1.51 bits per heavy atom. The van der Waals surface area contributed by atoms with Crippen LogP contribution in [-0.4, -0.2) is 40.3 Å². The highest BCUT2D eigenvalue weighted by atomic mass is 19.4. The van der Waals surface area contributed by atoms with Crippen molar-refractivity contribution in [2.24, 2.45) is 0 Å². The lowest BCUT2D eigenvalue weighted by molar-refractivity contribution is -0.742. The molecule has 0 aliphatic carbocycles. The Bertz CT molecular complexity index is 1280. The van der Waals surface area contributed by atoms with E-state index in [0.717, 1.165) is 28.6 Å². The first kappa shape index (κ1) is 26.4. The second kappa shape index (κ2) is 10.9. The van der Waals surface area contributed by atoms with Gasteiger partial charge in [-0.1, -0.05) is 24.3 Å². The first-order valence-corrected chi connectivity index (χ1v) is 9.40. The molecule has 0 saturated heterocycles. The molecule has 184 valence electrons. The summed E-state index contributed by atoms with van der Waals surface area (Å²) in [6.45, 7) is 1.83. The Balaban J connectivity index is 0.000000473. The lowest BCUT2D eigenvalue weighted by Gasteiger charge is -2.31. The largest absolute Gasteiger partial charge is 0.416 e. The lowest BCUT2D eigenvalue weighted by atomic mass is 9.83. The molecule has 15 heteroatoms. The molecule has 0 amide bonds. The monoisotopic (exact) mass is 494 g/mol. The fourth-order valence-corrected chi connectivity index (χ4v) is 3.25. The van der Waals surface area contributed by atoms with E-state index in [0.29, 0.717) is 5.56 Å². The minimum absolute atomic E-state index is 0.464. The van der Waals surface area contributed by atoms with Crippen LogP contribution in [-0.2, 0) is 11.7 Å². The van der Waals surface area contributed by atoms with Gasteiger partial charge in [-0.3, -0.25) is 4.98 Å². The molecule has 0 fully saturated rings. The van der Waals surface area contributed by atoms with Crippen LogP contribution in [0.25, 0.3) is 10.9 Å². The first-order chi connectivity index (χ1) is 16.4. The number of benzene rings is 2. The van der Waals surface area contributed by atoms with Crippen molar-refractivity contribution in [3.05, 3.63) is 110 Å². The Labute approximate surface area is 194 Å². The number of alkyl halides is 3. The molecule has 2 aromatic heterocycles. The summed E-state index contributed by atoms with van der Waals surface area (Å²) in [6.07, 6.45) is 0.153. The van der Waals surface area contributed by atoms with Gasteiger partial charge in [0.15, 0.2) is 0 Å². The Morgan fingerprint density at radius 1 is 0.914 bits per heavy atom. The second-order valence-corrected chi connectivity index (χ2v) is 6.88. The summed E-state index contributed by atoms with van der Waals surface area (Å²) in [4.78, 5) is 25.0. The van der Waals surface area contributed by atoms with Gasteiger partial charge in [0.2, 0.25) is 0 Å². The maximum absolute atomic E-state index is 13.3. The third-order valence-electron chi connectivity index (χ3n) is 4.79. The van der Waals surface area contributed by atoms with Crippen LogP contribution < -0.4 is 0 Å². The number of aromatic nitrogens is 4. The van der Waals surface area contributed by atoms with Crippen LogP contribution in [0.15, 0.2) is 73.4 Å². The SMILES string of the molecule is CC(c1cccc(C(F)(F)F)c1)(c1ccc2ncccc2c1)n1cncn1.O=[N+]([O-])O.O=[N+]([O-])O. The molecule has 0 aliphatic heterocycles. The van der Waals surface area contributed by atoms with Gasteiger partial charge in [-0.05, 0) is 48.4 Å². The number of halogens is 3. The summed E-state index contributed by atoms with van der Waals surface area (Å²) >= 11 is 0. The predicted octanol–water partition coefficient (Wildman–Crippen LogP) is 3.96. The zero-order valence-corrected chi connectivity index (χ0v) is 17.8. The number of hydrogen-bond donors (Lipinski definition) is 2. The molecule has 12 nitrogen and oxygen atoms in total. The normalized spacial score (nSPS) is 12.3. The standard InChI is InChI=1S/C20H15F3N4.2HNO3/c1-19(27-13-24-12-26-27,15-5-2-6-17(11-15)20(21,22)23)16-7-8-18-14(10-16)4-3-9-25-18;2*2-1(3)4/h2-13H,1H3;2*(H,2,3,4). The molecule has 2 heterocycles. The number of pyridine rings is 1. The van der Waals surface area contributed by atoms with E-state index >= 15 is 0 Å². The maximum Gasteiger partial charge on any atom is 0.416 e. The minimum atomic E-state index is -4.42. The highest BCUT2D eigenvalue weighted by Gasteiger charge is 2.36. The maximum atomic E-state index is 13.3. The average molecular weight is 494 g/mol. The third kappa shape index (κ3) is 6.83. The van der Waals surface area contributed by atoms with Crippen molar-refractivity contribution < 1.29 is 33.8 Å². The number of fused-ring (bicyclic) bond motifs is 1. The van der Waals surface area contributed by atoms with Crippen molar-refractivity contribution in [2.45, 2.75) is 18.6 Å². The van der Waals surface area contributed by atoms with Crippen LogP contribution >= 0.6 is 0 Å². The molecular formula is C20H17F3N6O6. The van der Waals surface area contributed by atoms with Crippen LogP contribution in [0.4, 0.5) is 13.2 Å². The van der Waals surface area contributed by atoms with Gasteiger partial charge in [-0.25, -0.2) is 9.67 Å². The molecule has 0 aliphatic rings. The highest BCUT2D eigenvalue weighted by molar-refractivity contribution is 5.79. The van der Waals surface area contributed by atoms with Crippen molar-refractivity contribution in [3.63, 3.8) is 0 Å². The van der Waals surface area contributed by atoms with Crippen molar-refractivity contribution >= 4 is 10.9 Å². The van der Waals surface area contributed by atoms with E-state index in [-0.39, 0.29) is 0 Å². The molecule has 1 unspecified atom stereocenters. The van der Waals surface area contributed by atoms with Crippen LogP contribution in [0.2, 0.25) is 0 Å². The Kier molecular flexibility index (Phi) is 8.21. The quantitative estimate of drug-likeness (QED) is 0.316. The summed E-state index contributed by atoms with van der Waals surface area (Å²) < 4.78 is 41.4. The molecule has 0 saturated carbocycles. The molecule has 4 rings (SSSR count). The van der Waals surface area contributed by atoms with E-state index in [1.807, 2.05) is 37.3 Å². The number of nitrogens with zero attached hydrogens (tertiary/aromatic N) is 6. The van der Waals surface area contributed by atoms with E-state index in [2.05, 4.69) is 15.1 Å². The molecular weight excluding hydrogens is 477 g/mol. The highest BCUT2D eigenvalue weighted by Crippen LogP contribution is 2.37. The van der Waals surface area contributed by atoms with E-state index in [1.165, 1.54) is 18.7 Å². The average Bonchev–Trinajstić information content (AvgIpc) is 3.32. The zero-order valence-electron chi connectivity index (χ0n) is 17.8. The van der Waals surface area contributed by atoms with Gasteiger partial charge in [-0.2, -0.15) is 18.3 Å². The molecule has 0 bridgehead atoms. The smallest absolute Gasteiger partial charge is 0.328 e. The first-order valence-electron chi connectivity index (χ1n) is 9.40. The van der Waals surface area contributed by atoms with E-state index in [9.17, 15) is 13.2 Å². The zero-order chi connectivity index (χ0) is 26.2. The minimum Gasteiger partial charge on any atom is -0.328 e. The van der Waals surface area contributed by atoms with Crippen molar-refractivity contribution in [1.82, 2.24) is 19.7 Å². The lowest BCUT2D eigenvalue weighted by Crippen LogP contribution is -2.33. The van der Waals surface area contributed by atoms with Gasteiger partial charge in [0.25, 0.3) is 10.2 Å². The van der Waals surface area contributed by atoms with Crippen LogP contribution in [0, 0.1) is 20.2 Å². The van der Waals surface area contributed by atoms with Crippen molar-refractivity contribution in [1.29, 1.82) is 0 Å². The Morgan fingerprint density at radius 3 is 2.09 bits per heavy atom. The van der Waals surface area contributed by atoms with Gasteiger partial charge < -0.3 is 10.4 Å². The van der Waals surface area contributed by atoms with Gasteiger partial charge in [0.05, 0.1) is 11.1 Å². The van der Waals surface area contributed by atoms with E-state index in [4.69, 9.17) is 30.6 Å². The molecule has 1 atom stereocenters. The molecule has 35 heavy (non-hydrogen) atoms. The summed E-state index contributed by atoms with van der Waals surface area (Å²) in [5.74, 6) is 0. The summed E-state index contributed by atoms with van der Waals surface area (Å²) in [6, 6.07) is 14.7. The van der Waals surface area contributed by atoms with Crippen molar-refractivity contribution in [2.75, 3.05) is 0 Å². The summed E-state index contributed by atoms with van der Waals surface area (Å²) in [5.41, 5.74) is 0.390. The second-order valence-electron chi connectivity index (χ2n) is 6.88. The van der Waals surface area contributed by atoms with Crippen LogP contribution in [0.5, 0.6) is 0 Å². The van der Waals surface area contributed by atoms with Gasteiger partial charge in [-0.15, -0.1) is 20.2 Å². The molecule has 4 aromatic rings. The topological polar surface area (TPSA) is 170 Å². The number of hydrogen-bond acceptors (Lipinski definition) is 7. The fraction of sp³-hybridized carbons (Fsp3) is 0.150. The van der Waals surface area contributed by atoms with Crippen LogP contribution in [0.1, 0.15) is 23.6 Å². The molecule has 0 radical (unpaired) electrons. The molecule has 2 aromatic carbocycles. The summed E-state index contributed by atoms with van der Waals surface area (Å²) in [7, 11) is 0. The van der Waals surface area contributed by atoms with Crippen molar-refractivity contribution in [3.8, 4) is 0 Å². The molecule has 0 spiro atoms. The molecule has 2 N–H and O–H groups in total. The Hall–Kier alpha value is -4.82.